The molecule has 0 aliphatic rings. The Kier molecular flexibility index (Phi) is 4.32. The molecule has 20 heavy (non-hydrogen) atoms. The Balaban J connectivity index is 1.94. The maximum Gasteiger partial charge on any atom is 0.416 e. The van der Waals surface area contributed by atoms with E-state index in [2.05, 4.69) is 12.2 Å². The molecule has 1 N–H and O–H groups in total. The second-order valence-corrected chi connectivity index (χ2v) is 4.77. The van der Waals surface area contributed by atoms with Crippen LogP contribution < -0.4 is 5.32 Å². The van der Waals surface area contributed by atoms with Gasteiger partial charge < -0.3 is 5.32 Å². The molecule has 2 aromatic rings. The van der Waals surface area contributed by atoms with Gasteiger partial charge in [-0.3, -0.25) is 0 Å². The van der Waals surface area contributed by atoms with Gasteiger partial charge in [-0.15, -0.1) is 0 Å². The number of halogens is 3. The molecular weight excluding hydrogens is 263 g/mol. The first-order valence-electron chi connectivity index (χ1n) is 6.43. The van der Waals surface area contributed by atoms with Crippen LogP contribution in [0.25, 0.3) is 0 Å². The van der Waals surface area contributed by atoms with E-state index in [0.29, 0.717) is 18.2 Å². The van der Waals surface area contributed by atoms with Crippen molar-refractivity contribution in [2.45, 2.75) is 19.0 Å². The molecule has 1 atom stereocenters. The molecule has 0 aliphatic carbocycles. The van der Waals surface area contributed by atoms with Crippen LogP contribution in [0, 0.1) is 0 Å². The molecule has 0 spiro atoms. The summed E-state index contributed by atoms with van der Waals surface area (Å²) in [6.45, 7) is 2.75. The molecule has 0 bridgehead atoms. The molecule has 0 fully saturated rings. The quantitative estimate of drug-likeness (QED) is 0.837. The summed E-state index contributed by atoms with van der Waals surface area (Å²) in [5, 5.41) is 3.15. The van der Waals surface area contributed by atoms with Gasteiger partial charge in [-0.05, 0) is 35.7 Å². The molecular formula is C16H16F3N. The van der Waals surface area contributed by atoms with Crippen molar-refractivity contribution in [1.29, 1.82) is 0 Å². The van der Waals surface area contributed by atoms with E-state index in [0.717, 1.165) is 12.1 Å². The van der Waals surface area contributed by atoms with E-state index in [-0.39, 0.29) is 0 Å². The van der Waals surface area contributed by atoms with E-state index in [9.17, 15) is 13.2 Å². The second-order valence-electron chi connectivity index (χ2n) is 4.77. The van der Waals surface area contributed by atoms with E-state index in [1.54, 1.807) is 0 Å². The van der Waals surface area contributed by atoms with Crippen LogP contribution in [0.4, 0.5) is 18.9 Å². The number of rotatable bonds is 4. The number of nitrogens with one attached hydrogen (secondary N) is 1. The third kappa shape index (κ3) is 3.76. The highest BCUT2D eigenvalue weighted by molar-refractivity contribution is 5.45. The van der Waals surface area contributed by atoms with Crippen LogP contribution >= 0.6 is 0 Å². The normalized spacial score (nSPS) is 13.0. The fourth-order valence-corrected chi connectivity index (χ4v) is 1.95. The van der Waals surface area contributed by atoms with Gasteiger partial charge in [0.15, 0.2) is 0 Å². The largest absolute Gasteiger partial charge is 0.416 e. The summed E-state index contributed by atoms with van der Waals surface area (Å²) in [5.41, 5.74) is 1.27. The summed E-state index contributed by atoms with van der Waals surface area (Å²) < 4.78 is 37.3. The fraction of sp³-hybridized carbons (Fsp3) is 0.250. The monoisotopic (exact) mass is 279 g/mol. The number of hydrogen-bond acceptors (Lipinski definition) is 1. The zero-order chi connectivity index (χ0) is 14.6. The average molecular weight is 279 g/mol. The molecule has 1 unspecified atom stereocenters. The van der Waals surface area contributed by atoms with Crippen molar-refractivity contribution in [2.75, 3.05) is 11.9 Å². The lowest BCUT2D eigenvalue weighted by Gasteiger charge is -2.14. The van der Waals surface area contributed by atoms with Crippen molar-refractivity contribution in [3.8, 4) is 0 Å². The molecule has 0 saturated carbocycles. The van der Waals surface area contributed by atoms with Crippen LogP contribution in [0.5, 0.6) is 0 Å². The maximum absolute atomic E-state index is 12.4. The Bertz CT molecular complexity index is 532. The van der Waals surface area contributed by atoms with Crippen LogP contribution in [0.15, 0.2) is 54.6 Å². The SMILES string of the molecule is CC(CNc1ccc(C(F)(F)F)cc1)c1ccccc1. The minimum atomic E-state index is -4.28. The zero-order valence-electron chi connectivity index (χ0n) is 11.1. The molecule has 0 saturated heterocycles. The van der Waals surface area contributed by atoms with Crippen LogP contribution in [0.3, 0.4) is 0 Å². The third-order valence-electron chi connectivity index (χ3n) is 3.19. The second kappa shape index (κ2) is 5.99. The van der Waals surface area contributed by atoms with Crippen molar-refractivity contribution < 1.29 is 13.2 Å². The van der Waals surface area contributed by atoms with Crippen LogP contribution in [0.1, 0.15) is 24.0 Å². The molecule has 4 heteroatoms. The van der Waals surface area contributed by atoms with Crippen molar-refractivity contribution in [3.05, 3.63) is 65.7 Å². The Morgan fingerprint density at radius 1 is 0.950 bits per heavy atom. The van der Waals surface area contributed by atoms with Crippen molar-refractivity contribution in [2.24, 2.45) is 0 Å². The lowest BCUT2D eigenvalue weighted by Crippen LogP contribution is -2.10. The molecule has 106 valence electrons. The van der Waals surface area contributed by atoms with Gasteiger partial charge in [0.2, 0.25) is 0 Å². The smallest absolute Gasteiger partial charge is 0.384 e. The molecule has 0 aliphatic heterocycles. The Hall–Kier alpha value is -1.97. The predicted molar refractivity (Wildman–Crippen MR) is 74.8 cm³/mol. The lowest BCUT2D eigenvalue weighted by molar-refractivity contribution is -0.137. The third-order valence-corrected chi connectivity index (χ3v) is 3.19. The van der Waals surface area contributed by atoms with E-state index in [1.165, 1.54) is 17.7 Å². The maximum atomic E-state index is 12.4. The average Bonchev–Trinajstić information content (AvgIpc) is 2.45. The summed E-state index contributed by atoms with van der Waals surface area (Å²) in [4.78, 5) is 0. The van der Waals surface area contributed by atoms with Gasteiger partial charge in [0.25, 0.3) is 0 Å². The van der Waals surface area contributed by atoms with Gasteiger partial charge in [-0.2, -0.15) is 13.2 Å². The van der Waals surface area contributed by atoms with Gasteiger partial charge in [-0.25, -0.2) is 0 Å². The first kappa shape index (κ1) is 14.4. The minimum Gasteiger partial charge on any atom is -0.384 e. The van der Waals surface area contributed by atoms with E-state index in [4.69, 9.17) is 0 Å². The molecule has 2 rings (SSSR count). The van der Waals surface area contributed by atoms with Gasteiger partial charge >= 0.3 is 6.18 Å². The summed E-state index contributed by atoms with van der Waals surface area (Å²) >= 11 is 0. The van der Waals surface area contributed by atoms with Crippen LogP contribution in [-0.2, 0) is 6.18 Å². The Labute approximate surface area is 116 Å². The summed E-state index contributed by atoms with van der Waals surface area (Å²) in [6.07, 6.45) is -4.28. The Morgan fingerprint density at radius 3 is 2.10 bits per heavy atom. The summed E-state index contributed by atoms with van der Waals surface area (Å²) in [7, 11) is 0. The van der Waals surface area contributed by atoms with E-state index < -0.39 is 11.7 Å². The molecule has 0 radical (unpaired) electrons. The zero-order valence-corrected chi connectivity index (χ0v) is 11.1. The molecule has 0 heterocycles. The van der Waals surface area contributed by atoms with Gasteiger partial charge in [0, 0.05) is 12.2 Å². The summed E-state index contributed by atoms with van der Waals surface area (Å²) in [5.74, 6) is 0.290. The summed E-state index contributed by atoms with van der Waals surface area (Å²) in [6, 6.07) is 15.1. The number of anilines is 1. The highest BCUT2D eigenvalue weighted by atomic mass is 19.4. The first-order chi connectivity index (χ1) is 9.47. The van der Waals surface area contributed by atoms with E-state index in [1.807, 2.05) is 30.3 Å². The topological polar surface area (TPSA) is 12.0 Å². The molecule has 0 aromatic heterocycles. The fourth-order valence-electron chi connectivity index (χ4n) is 1.95. The first-order valence-corrected chi connectivity index (χ1v) is 6.43. The molecule has 0 amide bonds. The van der Waals surface area contributed by atoms with Crippen molar-refractivity contribution in [1.82, 2.24) is 0 Å². The van der Waals surface area contributed by atoms with Crippen molar-refractivity contribution in [3.63, 3.8) is 0 Å². The van der Waals surface area contributed by atoms with Gasteiger partial charge in [-0.1, -0.05) is 37.3 Å². The minimum absolute atomic E-state index is 0.290. The van der Waals surface area contributed by atoms with Gasteiger partial charge in [0.1, 0.15) is 0 Å². The van der Waals surface area contributed by atoms with Crippen molar-refractivity contribution >= 4 is 5.69 Å². The van der Waals surface area contributed by atoms with Gasteiger partial charge in [0.05, 0.1) is 5.56 Å². The molecule has 1 nitrogen and oxygen atoms in total. The predicted octanol–water partition coefficient (Wildman–Crippen LogP) is 4.92. The highest BCUT2D eigenvalue weighted by Crippen LogP contribution is 2.29. The lowest BCUT2D eigenvalue weighted by atomic mass is 10.0. The number of hydrogen-bond donors (Lipinski definition) is 1. The van der Waals surface area contributed by atoms with E-state index >= 15 is 0 Å². The highest BCUT2D eigenvalue weighted by Gasteiger charge is 2.29. The molecule has 2 aromatic carbocycles. The Morgan fingerprint density at radius 2 is 1.55 bits per heavy atom. The standard InChI is InChI=1S/C16H16F3N/c1-12(13-5-3-2-4-6-13)11-20-15-9-7-14(8-10-15)16(17,18)19/h2-10,12,20H,11H2,1H3. The number of alkyl halides is 3. The van der Waals surface area contributed by atoms with Crippen LogP contribution in [0.2, 0.25) is 0 Å². The number of benzene rings is 2. The van der Waals surface area contributed by atoms with Crippen LogP contribution in [-0.4, -0.2) is 6.54 Å².